The summed E-state index contributed by atoms with van der Waals surface area (Å²) >= 11 is 0. The summed E-state index contributed by atoms with van der Waals surface area (Å²) in [4.78, 5) is 25.0. The van der Waals surface area contributed by atoms with Gasteiger partial charge in [0.15, 0.2) is 0 Å². The van der Waals surface area contributed by atoms with Gasteiger partial charge in [0.25, 0.3) is 5.91 Å². The van der Waals surface area contributed by atoms with Crippen LogP contribution in [-0.2, 0) is 9.53 Å². The van der Waals surface area contributed by atoms with Crippen LogP contribution >= 0.6 is 0 Å². The number of nitrogens with one attached hydrogen (secondary N) is 1. The Morgan fingerprint density at radius 1 is 0.947 bits per heavy atom. The molecule has 3 aromatic carbocycles. The van der Waals surface area contributed by atoms with E-state index in [0.717, 1.165) is 33.8 Å². The van der Waals surface area contributed by atoms with E-state index in [4.69, 9.17) is 4.74 Å². The van der Waals surface area contributed by atoms with Crippen LogP contribution in [0, 0.1) is 11.3 Å². The summed E-state index contributed by atoms with van der Waals surface area (Å²) in [5, 5.41) is 12.6. The molecule has 0 bridgehead atoms. The summed E-state index contributed by atoms with van der Waals surface area (Å²) in [7, 11) is 0. The zero-order valence-corrected chi connectivity index (χ0v) is 21.6. The van der Waals surface area contributed by atoms with Crippen LogP contribution < -0.4 is 5.32 Å². The van der Waals surface area contributed by atoms with Crippen molar-refractivity contribution >= 4 is 18.0 Å². The van der Waals surface area contributed by atoms with Crippen molar-refractivity contribution in [2.75, 3.05) is 6.61 Å². The summed E-state index contributed by atoms with van der Waals surface area (Å²) in [6, 6.07) is 30.9. The molecule has 0 unspecified atom stereocenters. The minimum atomic E-state index is -0.422. The number of aromatic nitrogens is 1. The number of rotatable bonds is 8. The number of nitrogens with zero attached hydrogens (tertiary/aromatic N) is 2. The van der Waals surface area contributed by atoms with Gasteiger partial charge in [0.1, 0.15) is 11.6 Å². The first-order chi connectivity index (χ1) is 18.4. The van der Waals surface area contributed by atoms with Gasteiger partial charge in [-0.05, 0) is 68.3 Å². The number of hydrogen-bond acceptors (Lipinski definition) is 4. The second-order valence-electron chi connectivity index (χ2n) is 8.97. The lowest BCUT2D eigenvalue weighted by Gasteiger charge is -2.16. The number of carbonyl (C=O) groups excluding carboxylic acids is 2. The number of hydrogen-bond donors (Lipinski definition) is 1. The van der Waals surface area contributed by atoms with E-state index in [2.05, 4.69) is 16.0 Å². The maximum Gasteiger partial charge on any atom is 0.338 e. The molecule has 38 heavy (non-hydrogen) atoms. The van der Waals surface area contributed by atoms with Gasteiger partial charge in [0, 0.05) is 17.3 Å². The molecule has 4 aromatic rings. The van der Waals surface area contributed by atoms with E-state index < -0.39 is 5.91 Å². The Labute approximate surface area is 222 Å². The summed E-state index contributed by atoms with van der Waals surface area (Å²) in [5.74, 6) is -0.800. The number of carbonyl (C=O) groups is 2. The minimum absolute atomic E-state index is 0.0188. The van der Waals surface area contributed by atoms with Crippen molar-refractivity contribution in [1.29, 1.82) is 5.26 Å². The molecule has 0 spiro atoms. The van der Waals surface area contributed by atoms with Gasteiger partial charge >= 0.3 is 5.97 Å². The lowest BCUT2D eigenvalue weighted by atomic mass is 10.0. The first kappa shape index (κ1) is 26.2. The van der Waals surface area contributed by atoms with Crippen molar-refractivity contribution in [3.63, 3.8) is 0 Å². The largest absolute Gasteiger partial charge is 0.462 e. The molecule has 1 heterocycles. The SMILES string of the molecule is CCOC(=O)c1ccc(-n2c(-c3ccccc3)cc(/C=C(\C#N)C(=O)NC(C)C)c2-c2ccccc2)cc1. The van der Waals surface area contributed by atoms with Crippen LogP contribution in [0.25, 0.3) is 34.3 Å². The van der Waals surface area contributed by atoms with Gasteiger partial charge in [-0.1, -0.05) is 60.7 Å². The van der Waals surface area contributed by atoms with Crippen molar-refractivity contribution < 1.29 is 14.3 Å². The van der Waals surface area contributed by atoms with Crippen LogP contribution in [0.1, 0.15) is 36.7 Å². The number of benzene rings is 3. The number of amides is 1. The fourth-order valence-corrected chi connectivity index (χ4v) is 4.23. The minimum Gasteiger partial charge on any atom is -0.462 e. The van der Waals surface area contributed by atoms with Gasteiger partial charge in [-0.2, -0.15) is 5.26 Å². The lowest BCUT2D eigenvalue weighted by Crippen LogP contribution is -2.30. The molecule has 0 radical (unpaired) electrons. The number of esters is 1. The maximum absolute atomic E-state index is 12.8. The molecule has 0 aliphatic carbocycles. The average Bonchev–Trinajstić information content (AvgIpc) is 3.31. The highest BCUT2D eigenvalue weighted by molar-refractivity contribution is 6.03. The average molecular weight is 504 g/mol. The van der Waals surface area contributed by atoms with Gasteiger partial charge < -0.3 is 14.6 Å². The van der Waals surface area contributed by atoms with E-state index in [1.807, 2.05) is 92.7 Å². The third-order valence-electron chi connectivity index (χ3n) is 5.87. The molecular weight excluding hydrogens is 474 g/mol. The predicted octanol–water partition coefficient (Wildman–Crippen LogP) is 6.42. The zero-order valence-electron chi connectivity index (χ0n) is 21.6. The van der Waals surface area contributed by atoms with E-state index >= 15 is 0 Å². The normalized spacial score (nSPS) is 11.2. The summed E-state index contributed by atoms with van der Waals surface area (Å²) in [6.45, 7) is 5.78. The van der Waals surface area contributed by atoms with Crippen molar-refractivity contribution in [1.82, 2.24) is 9.88 Å². The fourth-order valence-electron chi connectivity index (χ4n) is 4.23. The first-order valence-electron chi connectivity index (χ1n) is 12.5. The molecule has 0 saturated heterocycles. The molecule has 1 amide bonds. The third kappa shape index (κ3) is 5.74. The number of nitriles is 1. The molecule has 1 N–H and O–H groups in total. The van der Waals surface area contributed by atoms with Crippen molar-refractivity contribution in [3.05, 3.63) is 108 Å². The third-order valence-corrected chi connectivity index (χ3v) is 5.87. The van der Waals surface area contributed by atoms with Crippen LogP contribution in [0.15, 0.2) is 96.6 Å². The molecule has 0 saturated carbocycles. The smallest absolute Gasteiger partial charge is 0.338 e. The maximum atomic E-state index is 12.8. The van der Waals surface area contributed by atoms with Gasteiger partial charge in [-0.15, -0.1) is 0 Å². The lowest BCUT2D eigenvalue weighted by molar-refractivity contribution is -0.117. The van der Waals surface area contributed by atoms with Crippen molar-refractivity contribution in [3.8, 4) is 34.3 Å². The monoisotopic (exact) mass is 503 g/mol. The Bertz CT molecular complexity index is 1490. The molecule has 6 heteroatoms. The molecule has 6 nitrogen and oxygen atoms in total. The first-order valence-corrected chi connectivity index (χ1v) is 12.5. The number of ether oxygens (including phenoxy) is 1. The standard InChI is InChI=1S/C32H29N3O3/c1-4-38-32(37)25-15-17-28(18-16-25)35-29(23-11-7-5-8-12-23)20-26(30(35)24-13-9-6-10-14-24)19-27(21-33)31(36)34-22(2)3/h5-20,22H,4H2,1-3H3,(H,34,36)/b27-19+. The van der Waals surface area contributed by atoms with Crippen LogP contribution in [-0.4, -0.2) is 29.1 Å². The van der Waals surface area contributed by atoms with Gasteiger partial charge in [-0.25, -0.2) is 4.79 Å². The highest BCUT2D eigenvalue weighted by Crippen LogP contribution is 2.37. The van der Waals surface area contributed by atoms with E-state index in [9.17, 15) is 14.9 Å². The van der Waals surface area contributed by atoms with E-state index in [-0.39, 0.29) is 17.6 Å². The highest BCUT2D eigenvalue weighted by atomic mass is 16.5. The highest BCUT2D eigenvalue weighted by Gasteiger charge is 2.21. The molecule has 0 aliphatic rings. The molecule has 0 fully saturated rings. The summed E-state index contributed by atoms with van der Waals surface area (Å²) in [5.41, 5.74) is 5.59. The molecule has 0 aliphatic heterocycles. The van der Waals surface area contributed by atoms with Crippen LogP contribution in [0.4, 0.5) is 0 Å². The summed E-state index contributed by atoms with van der Waals surface area (Å²) < 4.78 is 7.23. The second kappa shape index (κ2) is 11.9. The Kier molecular flexibility index (Phi) is 8.20. The van der Waals surface area contributed by atoms with E-state index in [1.165, 1.54) is 0 Å². The van der Waals surface area contributed by atoms with E-state index in [0.29, 0.717) is 12.2 Å². The Hall–Kier alpha value is -4.89. The van der Waals surface area contributed by atoms with Crippen LogP contribution in [0.5, 0.6) is 0 Å². The van der Waals surface area contributed by atoms with E-state index in [1.54, 1.807) is 25.1 Å². The summed E-state index contributed by atoms with van der Waals surface area (Å²) in [6.07, 6.45) is 1.63. The zero-order chi connectivity index (χ0) is 27.1. The van der Waals surface area contributed by atoms with Crippen molar-refractivity contribution in [2.24, 2.45) is 0 Å². The predicted molar refractivity (Wildman–Crippen MR) is 149 cm³/mol. The molecule has 0 atom stereocenters. The fraction of sp³-hybridized carbons (Fsp3) is 0.156. The van der Waals surface area contributed by atoms with Crippen molar-refractivity contribution in [2.45, 2.75) is 26.8 Å². The molecule has 4 rings (SSSR count). The Morgan fingerprint density at radius 3 is 2.11 bits per heavy atom. The van der Waals surface area contributed by atoms with Gasteiger partial charge in [0.05, 0.1) is 23.6 Å². The Balaban J connectivity index is 1.99. The second-order valence-corrected chi connectivity index (χ2v) is 8.97. The molecule has 190 valence electrons. The van der Waals surface area contributed by atoms with Gasteiger partial charge in [0.2, 0.25) is 0 Å². The Morgan fingerprint density at radius 2 is 1.55 bits per heavy atom. The quantitative estimate of drug-likeness (QED) is 0.171. The topological polar surface area (TPSA) is 84.1 Å². The van der Waals surface area contributed by atoms with Crippen LogP contribution in [0.3, 0.4) is 0 Å². The van der Waals surface area contributed by atoms with Crippen LogP contribution in [0.2, 0.25) is 0 Å². The molecule has 1 aromatic heterocycles. The molecular formula is C32H29N3O3. The van der Waals surface area contributed by atoms with Gasteiger partial charge in [-0.3, -0.25) is 4.79 Å².